The fraction of sp³-hybridized carbons (Fsp3) is 0.833. The zero-order valence-corrected chi connectivity index (χ0v) is 7.31. The third-order valence-electron chi connectivity index (χ3n) is 0.974. The van der Waals surface area contributed by atoms with Crippen LogP contribution in [0, 0.1) is 5.92 Å². The SMILES string of the molecule is CCOC(=[SiH2])C(C)C. The van der Waals surface area contributed by atoms with Crippen LogP contribution in [0.25, 0.3) is 0 Å². The standard InChI is InChI=1S/C6H14OSi/c1-4-7-6(8)5(2)3/h5H,4,8H2,1-3H3. The highest BCUT2D eigenvalue weighted by molar-refractivity contribution is 6.35. The lowest BCUT2D eigenvalue weighted by Gasteiger charge is -2.09. The zero-order chi connectivity index (χ0) is 6.57. The van der Waals surface area contributed by atoms with Gasteiger partial charge in [0.2, 0.25) is 0 Å². The highest BCUT2D eigenvalue weighted by Crippen LogP contribution is 1.93. The van der Waals surface area contributed by atoms with Gasteiger partial charge < -0.3 is 4.74 Å². The van der Waals surface area contributed by atoms with Crippen molar-refractivity contribution in [2.24, 2.45) is 5.92 Å². The van der Waals surface area contributed by atoms with Gasteiger partial charge in [-0.15, -0.1) is 0 Å². The molecule has 0 bridgehead atoms. The predicted octanol–water partition coefficient (Wildman–Crippen LogP) is 0.442. The molecule has 0 atom stereocenters. The minimum atomic E-state index is 0.577. The molecule has 0 aromatic rings. The second-order valence-corrected chi connectivity index (χ2v) is 2.75. The lowest BCUT2D eigenvalue weighted by Crippen LogP contribution is -2.11. The maximum atomic E-state index is 5.23. The molecular weight excluding hydrogens is 116 g/mol. The number of hydrogen-bond donors (Lipinski definition) is 0. The average Bonchev–Trinajstić information content (AvgIpc) is 1.67. The van der Waals surface area contributed by atoms with Crippen molar-refractivity contribution in [1.82, 2.24) is 0 Å². The van der Waals surface area contributed by atoms with E-state index in [4.69, 9.17) is 4.74 Å². The Morgan fingerprint density at radius 1 is 1.62 bits per heavy atom. The summed E-state index contributed by atoms with van der Waals surface area (Å²) in [4.78, 5) is 0. The molecule has 2 heteroatoms. The van der Waals surface area contributed by atoms with Gasteiger partial charge in [-0.25, -0.2) is 0 Å². The molecule has 0 radical (unpaired) electrons. The fourth-order valence-electron chi connectivity index (χ4n) is 0.352. The zero-order valence-electron chi connectivity index (χ0n) is 5.90. The number of ether oxygens (including phenoxy) is 1. The average molecular weight is 130 g/mol. The molecule has 0 N–H and O–H groups in total. The molecule has 0 rings (SSSR count). The molecule has 0 amide bonds. The molecule has 8 heavy (non-hydrogen) atoms. The largest absolute Gasteiger partial charge is 0.504 e. The van der Waals surface area contributed by atoms with E-state index in [1.165, 1.54) is 0 Å². The molecule has 0 aliphatic heterocycles. The summed E-state index contributed by atoms with van der Waals surface area (Å²) < 4.78 is 5.23. The van der Waals surface area contributed by atoms with Crippen molar-refractivity contribution in [3.8, 4) is 0 Å². The summed E-state index contributed by atoms with van der Waals surface area (Å²) >= 11 is 0. The van der Waals surface area contributed by atoms with Gasteiger partial charge in [-0.3, -0.25) is 0 Å². The maximum Gasteiger partial charge on any atom is 0.0842 e. The first-order valence-electron chi connectivity index (χ1n) is 3.00. The molecule has 0 saturated carbocycles. The first-order valence-corrected chi connectivity index (χ1v) is 3.70. The minimum absolute atomic E-state index is 0.577. The molecule has 0 aromatic carbocycles. The smallest absolute Gasteiger partial charge is 0.0842 e. The van der Waals surface area contributed by atoms with Crippen LogP contribution in [0.4, 0.5) is 0 Å². The van der Waals surface area contributed by atoms with Crippen LogP contribution in [-0.4, -0.2) is 21.8 Å². The van der Waals surface area contributed by atoms with Crippen molar-refractivity contribution in [2.45, 2.75) is 20.8 Å². The van der Waals surface area contributed by atoms with Crippen molar-refractivity contribution in [3.05, 3.63) is 0 Å². The van der Waals surface area contributed by atoms with Crippen LogP contribution in [0.15, 0.2) is 0 Å². The number of rotatable bonds is 3. The molecule has 48 valence electrons. The highest BCUT2D eigenvalue weighted by atomic mass is 28.1. The monoisotopic (exact) mass is 130 g/mol. The van der Waals surface area contributed by atoms with Crippen LogP contribution >= 0.6 is 0 Å². The van der Waals surface area contributed by atoms with E-state index in [1.807, 2.05) is 16.8 Å². The third-order valence-corrected chi connectivity index (χ3v) is 1.99. The summed E-state index contributed by atoms with van der Waals surface area (Å²) in [5.41, 5.74) is 0. The van der Waals surface area contributed by atoms with Gasteiger partial charge in [-0.05, 0) is 6.92 Å². The van der Waals surface area contributed by atoms with Crippen LogP contribution in [0.3, 0.4) is 0 Å². The predicted molar refractivity (Wildman–Crippen MR) is 40.0 cm³/mol. The van der Waals surface area contributed by atoms with Gasteiger partial charge in [-0.1, -0.05) is 13.8 Å². The molecule has 0 heterocycles. The van der Waals surface area contributed by atoms with Gasteiger partial charge in [0.1, 0.15) is 0 Å². The highest BCUT2D eigenvalue weighted by Gasteiger charge is 1.96. The van der Waals surface area contributed by atoms with Gasteiger partial charge in [0, 0.05) is 15.8 Å². The van der Waals surface area contributed by atoms with E-state index in [0.29, 0.717) is 5.92 Å². The Bertz CT molecular complexity index is 78.6. The normalized spacial score (nSPS) is 9.50. The van der Waals surface area contributed by atoms with E-state index in [-0.39, 0.29) is 0 Å². The van der Waals surface area contributed by atoms with Gasteiger partial charge >= 0.3 is 0 Å². The van der Waals surface area contributed by atoms with Crippen LogP contribution < -0.4 is 0 Å². The topological polar surface area (TPSA) is 9.23 Å². The van der Waals surface area contributed by atoms with E-state index in [0.717, 1.165) is 12.0 Å². The Morgan fingerprint density at radius 2 is 2.12 bits per heavy atom. The summed E-state index contributed by atoms with van der Waals surface area (Å²) in [6.07, 6.45) is 0. The first-order chi connectivity index (χ1) is 3.68. The molecular formula is C6H14OSi. The van der Waals surface area contributed by atoms with E-state index in [1.54, 1.807) is 0 Å². The van der Waals surface area contributed by atoms with Gasteiger partial charge in [0.25, 0.3) is 0 Å². The molecule has 0 aromatic heterocycles. The first kappa shape index (κ1) is 7.89. The van der Waals surface area contributed by atoms with E-state index in [2.05, 4.69) is 13.8 Å². The molecule has 0 saturated heterocycles. The van der Waals surface area contributed by atoms with Crippen LogP contribution in [0.2, 0.25) is 0 Å². The van der Waals surface area contributed by atoms with E-state index in [9.17, 15) is 0 Å². The maximum absolute atomic E-state index is 5.23. The molecule has 0 aliphatic carbocycles. The lowest BCUT2D eigenvalue weighted by atomic mass is 10.2. The molecule has 0 unspecified atom stereocenters. The van der Waals surface area contributed by atoms with Crippen molar-refractivity contribution in [3.63, 3.8) is 0 Å². The minimum Gasteiger partial charge on any atom is -0.504 e. The van der Waals surface area contributed by atoms with E-state index >= 15 is 0 Å². The summed E-state index contributed by atoms with van der Waals surface area (Å²) in [6, 6.07) is 0. The second kappa shape index (κ2) is 3.84. The second-order valence-electron chi connectivity index (χ2n) is 2.05. The molecule has 0 aliphatic rings. The van der Waals surface area contributed by atoms with Crippen molar-refractivity contribution in [1.29, 1.82) is 0 Å². The van der Waals surface area contributed by atoms with Crippen molar-refractivity contribution in [2.75, 3.05) is 6.61 Å². The Morgan fingerprint density at radius 3 is 2.25 bits per heavy atom. The van der Waals surface area contributed by atoms with Gasteiger partial charge in [-0.2, -0.15) is 0 Å². The van der Waals surface area contributed by atoms with Gasteiger partial charge in [0.05, 0.1) is 12.0 Å². The van der Waals surface area contributed by atoms with E-state index < -0.39 is 0 Å². The van der Waals surface area contributed by atoms with Crippen LogP contribution in [0.1, 0.15) is 20.8 Å². The molecule has 1 nitrogen and oxygen atoms in total. The summed E-state index contributed by atoms with van der Waals surface area (Å²) in [5, 5.41) is 1.16. The Balaban J connectivity index is 3.33. The summed E-state index contributed by atoms with van der Waals surface area (Å²) in [5.74, 6) is 0.577. The van der Waals surface area contributed by atoms with Gasteiger partial charge in [0.15, 0.2) is 0 Å². The summed E-state index contributed by atoms with van der Waals surface area (Å²) in [6.45, 7) is 7.09. The lowest BCUT2D eigenvalue weighted by molar-refractivity contribution is 0.315. The fourth-order valence-corrected chi connectivity index (χ4v) is 0.556. The Kier molecular flexibility index (Phi) is 3.78. The van der Waals surface area contributed by atoms with Crippen molar-refractivity contribution >= 4 is 15.2 Å². The Hall–Kier alpha value is -0.113. The third kappa shape index (κ3) is 2.96. The van der Waals surface area contributed by atoms with Crippen LogP contribution in [-0.2, 0) is 4.74 Å². The quantitative estimate of drug-likeness (QED) is 0.504. The molecule has 0 spiro atoms. The number of hydrogen-bond acceptors (Lipinski definition) is 1. The summed E-state index contributed by atoms with van der Waals surface area (Å²) in [7, 11) is 1.83. The Labute approximate surface area is 54.1 Å². The van der Waals surface area contributed by atoms with Crippen LogP contribution in [0.5, 0.6) is 0 Å². The molecule has 0 fully saturated rings. The van der Waals surface area contributed by atoms with Crippen molar-refractivity contribution < 1.29 is 4.74 Å².